The zero-order chi connectivity index (χ0) is 17.1. The second kappa shape index (κ2) is 7.77. The van der Waals surface area contributed by atoms with E-state index in [1.165, 1.54) is 32.4 Å². The number of hydrogen-bond acceptors (Lipinski definition) is 3. The molecular weight excluding hydrogens is 345 g/mol. The highest BCUT2D eigenvalue weighted by atomic mass is 35.5. The van der Waals surface area contributed by atoms with E-state index in [4.69, 9.17) is 27.9 Å². The molecule has 0 amide bonds. The summed E-state index contributed by atoms with van der Waals surface area (Å²) in [5, 5.41) is 5.67. The summed E-state index contributed by atoms with van der Waals surface area (Å²) in [6.07, 6.45) is 3.94. The van der Waals surface area contributed by atoms with Crippen molar-refractivity contribution in [3.05, 3.63) is 39.5 Å². The minimum atomic E-state index is 0.522. The van der Waals surface area contributed by atoms with Gasteiger partial charge in [-0.2, -0.15) is 0 Å². The number of aromatic nitrogens is 2. The Balaban J connectivity index is 1.69. The van der Waals surface area contributed by atoms with E-state index in [1.807, 2.05) is 30.7 Å². The van der Waals surface area contributed by atoms with Gasteiger partial charge in [0.25, 0.3) is 0 Å². The van der Waals surface area contributed by atoms with Crippen molar-refractivity contribution in [1.82, 2.24) is 14.7 Å². The number of hydrogen-bond donors (Lipinski definition) is 0. The van der Waals surface area contributed by atoms with Crippen LogP contribution in [0.1, 0.15) is 30.5 Å². The third-order valence-corrected chi connectivity index (χ3v) is 5.35. The molecule has 4 nitrogen and oxygen atoms in total. The van der Waals surface area contributed by atoms with Gasteiger partial charge in [-0.1, -0.05) is 29.6 Å². The van der Waals surface area contributed by atoms with E-state index in [9.17, 15) is 0 Å². The van der Waals surface area contributed by atoms with Crippen LogP contribution in [0.2, 0.25) is 10.0 Å². The molecule has 3 rings (SSSR count). The Morgan fingerprint density at radius 1 is 1.08 bits per heavy atom. The van der Waals surface area contributed by atoms with Crippen LogP contribution in [-0.4, -0.2) is 40.9 Å². The summed E-state index contributed by atoms with van der Waals surface area (Å²) in [7, 11) is 0. The Hall–Kier alpha value is -1.23. The second-order valence-corrected chi connectivity index (χ2v) is 7.09. The molecule has 2 heterocycles. The van der Waals surface area contributed by atoms with E-state index in [0.29, 0.717) is 22.5 Å². The summed E-state index contributed by atoms with van der Waals surface area (Å²) in [6, 6.07) is 5.51. The van der Waals surface area contributed by atoms with Crippen molar-refractivity contribution in [2.45, 2.75) is 33.1 Å². The molecule has 0 atom stereocenters. The number of piperidine rings is 1. The molecule has 1 aliphatic rings. The molecule has 0 aliphatic carbocycles. The lowest BCUT2D eigenvalue weighted by Crippen LogP contribution is -2.33. The number of nitrogens with zero attached hydrogens (tertiary/aromatic N) is 3. The summed E-state index contributed by atoms with van der Waals surface area (Å²) in [5.74, 6) is 0.690. The monoisotopic (exact) mass is 367 g/mol. The second-order valence-electron chi connectivity index (χ2n) is 6.28. The fourth-order valence-electron chi connectivity index (χ4n) is 3.01. The number of halogens is 2. The Morgan fingerprint density at radius 2 is 1.83 bits per heavy atom. The molecule has 1 aromatic heterocycles. The summed E-state index contributed by atoms with van der Waals surface area (Å²) in [5.41, 5.74) is 2.98. The van der Waals surface area contributed by atoms with Crippen molar-refractivity contribution in [1.29, 1.82) is 0 Å². The third kappa shape index (κ3) is 3.88. The topological polar surface area (TPSA) is 30.3 Å². The maximum Gasteiger partial charge on any atom is 0.236 e. The fraction of sp³-hybridized carbons (Fsp3) is 0.500. The molecule has 0 unspecified atom stereocenters. The molecule has 0 saturated carbocycles. The van der Waals surface area contributed by atoms with Gasteiger partial charge in [-0.3, -0.25) is 4.90 Å². The van der Waals surface area contributed by atoms with Gasteiger partial charge in [0.1, 0.15) is 6.61 Å². The number of likely N-dealkylation sites (tertiary alicyclic amines) is 1. The summed E-state index contributed by atoms with van der Waals surface area (Å²) < 4.78 is 7.80. The fourth-order valence-corrected chi connectivity index (χ4v) is 3.31. The first kappa shape index (κ1) is 17.6. The van der Waals surface area contributed by atoms with Crippen LogP contribution in [0.5, 0.6) is 5.88 Å². The summed E-state index contributed by atoms with van der Waals surface area (Å²) >= 11 is 12.1. The maximum absolute atomic E-state index is 6.12. The Labute approximate surface area is 153 Å². The molecule has 6 heteroatoms. The van der Waals surface area contributed by atoms with Gasteiger partial charge in [-0.05, 0) is 58.0 Å². The van der Waals surface area contributed by atoms with Gasteiger partial charge in [0.2, 0.25) is 5.88 Å². The smallest absolute Gasteiger partial charge is 0.236 e. The highest BCUT2D eigenvalue weighted by Gasteiger charge is 2.15. The van der Waals surface area contributed by atoms with E-state index in [0.717, 1.165) is 23.5 Å². The molecule has 130 valence electrons. The number of benzene rings is 1. The lowest BCUT2D eigenvalue weighted by Gasteiger charge is -2.25. The summed E-state index contributed by atoms with van der Waals surface area (Å²) in [4.78, 5) is 2.46. The lowest BCUT2D eigenvalue weighted by molar-refractivity contribution is 0.180. The van der Waals surface area contributed by atoms with Crippen LogP contribution in [0.25, 0.3) is 5.69 Å². The molecule has 0 bridgehead atoms. The van der Waals surface area contributed by atoms with Crippen LogP contribution in [0.4, 0.5) is 0 Å². The van der Waals surface area contributed by atoms with Crippen LogP contribution in [0.15, 0.2) is 18.2 Å². The van der Waals surface area contributed by atoms with E-state index in [-0.39, 0.29) is 0 Å². The van der Waals surface area contributed by atoms with E-state index >= 15 is 0 Å². The maximum atomic E-state index is 6.12. The van der Waals surface area contributed by atoms with Crippen molar-refractivity contribution in [3.8, 4) is 11.6 Å². The van der Waals surface area contributed by atoms with Crippen molar-refractivity contribution in [2.75, 3.05) is 26.2 Å². The van der Waals surface area contributed by atoms with Crippen LogP contribution in [0, 0.1) is 13.8 Å². The average Bonchev–Trinajstić information content (AvgIpc) is 2.87. The van der Waals surface area contributed by atoms with Gasteiger partial charge < -0.3 is 4.74 Å². The minimum absolute atomic E-state index is 0.522. The van der Waals surface area contributed by atoms with Crippen LogP contribution >= 0.6 is 23.2 Å². The molecule has 1 aliphatic heterocycles. The van der Waals surface area contributed by atoms with Gasteiger partial charge in [-0.25, -0.2) is 4.68 Å². The first-order valence-electron chi connectivity index (χ1n) is 8.43. The predicted octanol–water partition coefficient (Wildman–Crippen LogP) is 4.66. The zero-order valence-electron chi connectivity index (χ0n) is 14.2. The van der Waals surface area contributed by atoms with Crippen molar-refractivity contribution >= 4 is 23.2 Å². The van der Waals surface area contributed by atoms with Crippen LogP contribution < -0.4 is 4.74 Å². The molecule has 1 aromatic carbocycles. The SMILES string of the molecule is Cc1c(OCCN2CCCCC2)nn(-c2ccc(Cl)c(Cl)c2)c1C. The van der Waals surface area contributed by atoms with E-state index in [2.05, 4.69) is 10.00 Å². The Kier molecular flexibility index (Phi) is 5.69. The Morgan fingerprint density at radius 3 is 2.54 bits per heavy atom. The van der Waals surface area contributed by atoms with Gasteiger partial charge in [0.15, 0.2) is 0 Å². The molecule has 2 aromatic rings. The van der Waals surface area contributed by atoms with Gasteiger partial charge >= 0.3 is 0 Å². The first-order chi connectivity index (χ1) is 11.6. The van der Waals surface area contributed by atoms with E-state index in [1.54, 1.807) is 6.07 Å². The Bertz CT molecular complexity index is 709. The standard InChI is InChI=1S/C18H23Cl2N3O/c1-13-14(2)23(15-6-7-16(19)17(20)12-15)21-18(13)24-11-10-22-8-4-3-5-9-22/h6-7,12H,3-5,8-11H2,1-2H3. The normalized spacial score (nSPS) is 15.7. The van der Waals surface area contributed by atoms with Gasteiger partial charge in [0, 0.05) is 17.8 Å². The quantitative estimate of drug-likeness (QED) is 0.769. The molecule has 0 spiro atoms. The van der Waals surface area contributed by atoms with Crippen molar-refractivity contribution in [2.24, 2.45) is 0 Å². The zero-order valence-corrected chi connectivity index (χ0v) is 15.7. The highest BCUT2D eigenvalue weighted by molar-refractivity contribution is 6.42. The van der Waals surface area contributed by atoms with Crippen molar-refractivity contribution < 1.29 is 4.74 Å². The number of ether oxygens (including phenoxy) is 1. The van der Waals surface area contributed by atoms with Gasteiger partial charge in [-0.15, -0.1) is 5.10 Å². The van der Waals surface area contributed by atoms with Crippen LogP contribution in [-0.2, 0) is 0 Å². The average molecular weight is 368 g/mol. The van der Waals surface area contributed by atoms with Crippen molar-refractivity contribution in [3.63, 3.8) is 0 Å². The first-order valence-corrected chi connectivity index (χ1v) is 9.18. The molecule has 1 saturated heterocycles. The minimum Gasteiger partial charge on any atom is -0.475 e. The largest absolute Gasteiger partial charge is 0.475 e. The molecule has 1 fully saturated rings. The molecule has 0 N–H and O–H groups in total. The summed E-state index contributed by atoms with van der Waals surface area (Å²) in [6.45, 7) is 8.05. The lowest BCUT2D eigenvalue weighted by atomic mass is 10.1. The molecule has 24 heavy (non-hydrogen) atoms. The predicted molar refractivity (Wildman–Crippen MR) is 98.8 cm³/mol. The molecular formula is C18H23Cl2N3O. The number of rotatable bonds is 5. The molecule has 0 radical (unpaired) electrons. The van der Waals surface area contributed by atoms with E-state index < -0.39 is 0 Å². The highest BCUT2D eigenvalue weighted by Crippen LogP contribution is 2.28. The van der Waals surface area contributed by atoms with Crippen LogP contribution in [0.3, 0.4) is 0 Å². The van der Waals surface area contributed by atoms with Gasteiger partial charge in [0.05, 0.1) is 15.7 Å². The third-order valence-electron chi connectivity index (χ3n) is 4.61.